The van der Waals surface area contributed by atoms with E-state index in [0.717, 1.165) is 25.2 Å². The molecular formula is C17H27N3O3S. The Bertz CT molecular complexity index is 721. The van der Waals surface area contributed by atoms with Crippen LogP contribution in [0.3, 0.4) is 0 Å². The number of amides is 1. The van der Waals surface area contributed by atoms with Crippen LogP contribution in [0.2, 0.25) is 0 Å². The molecule has 0 saturated carbocycles. The highest BCUT2D eigenvalue weighted by atomic mass is 32.2. The average Bonchev–Trinajstić information content (AvgIpc) is 2.56. The van der Waals surface area contributed by atoms with E-state index in [0.29, 0.717) is 24.2 Å². The molecule has 1 fully saturated rings. The molecule has 1 aliphatic heterocycles. The van der Waals surface area contributed by atoms with Gasteiger partial charge in [-0.2, -0.15) is 0 Å². The van der Waals surface area contributed by atoms with Crippen LogP contribution in [0.1, 0.15) is 28.4 Å². The second-order valence-corrected chi connectivity index (χ2v) is 8.55. The van der Waals surface area contributed by atoms with Gasteiger partial charge in [0, 0.05) is 45.8 Å². The van der Waals surface area contributed by atoms with Crippen molar-refractivity contribution in [2.45, 2.75) is 25.7 Å². The molecule has 1 aliphatic rings. The number of nitrogens with zero attached hydrogens (tertiary/aromatic N) is 3. The number of hydrogen-bond donors (Lipinski definition) is 0. The zero-order chi connectivity index (χ0) is 18.1. The molecule has 0 N–H and O–H groups in total. The van der Waals surface area contributed by atoms with E-state index in [1.807, 2.05) is 11.8 Å². The predicted octanol–water partition coefficient (Wildman–Crippen LogP) is 1.33. The van der Waals surface area contributed by atoms with Crippen LogP contribution >= 0.6 is 0 Å². The van der Waals surface area contributed by atoms with Crippen molar-refractivity contribution < 1.29 is 13.2 Å². The molecule has 0 aliphatic carbocycles. The van der Waals surface area contributed by atoms with Crippen molar-refractivity contribution in [3.63, 3.8) is 0 Å². The highest BCUT2D eigenvalue weighted by Crippen LogP contribution is 2.24. The van der Waals surface area contributed by atoms with E-state index in [2.05, 4.69) is 11.8 Å². The molecule has 1 amide bonds. The van der Waals surface area contributed by atoms with Gasteiger partial charge in [-0.3, -0.25) is 4.79 Å². The molecular weight excluding hydrogens is 326 g/mol. The van der Waals surface area contributed by atoms with Crippen molar-refractivity contribution in [1.82, 2.24) is 14.1 Å². The fourth-order valence-electron chi connectivity index (χ4n) is 2.86. The Hall–Kier alpha value is -1.44. The molecule has 0 unspecified atom stereocenters. The first-order chi connectivity index (χ1) is 11.2. The van der Waals surface area contributed by atoms with Crippen molar-refractivity contribution in [3.8, 4) is 0 Å². The number of hydrogen-bond acceptors (Lipinski definition) is 4. The van der Waals surface area contributed by atoms with Crippen molar-refractivity contribution in [1.29, 1.82) is 0 Å². The monoisotopic (exact) mass is 353 g/mol. The maximum absolute atomic E-state index is 12.8. The molecule has 134 valence electrons. The number of carbonyl (C=O) groups excluding carboxylic acids is 1. The topological polar surface area (TPSA) is 60.9 Å². The first-order valence-corrected chi connectivity index (χ1v) is 9.68. The summed E-state index contributed by atoms with van der Waals surface area (Å²) < 4.78 is 26.2. The number of rotatable bonds is 4. The third-order valence-corrected chi connectivity index (χ3v) is 6.67. The van der Waals surface area contributed by atoms with E-state index in [4.69, 9.17) is 0 Å². The second-order valence-electron chi connectivity index (χ2n) is 6.43. The molecule has 0 aromatic heterocycles. The Kier molecular flexibility index (Phi) is 5.67. The number of benzene rings is 1. The fourth-order valence-corrected chi connectivity index (χ4v) is 4.08. The molecule has 1 saturated heterocycles. The molecule has 1 aromatic rings. The number of likely N-dealkylation sites (N-methyl/N-ethyl adjacent to an activating group) is 1. The van der Waals surface area contributed by atoms with Crippen LogP contribution in [0.5, 0.6) is 0 Å². The van der Waals surface area contributed by atoms with Gasteiger partial charge in [0.1, 0.15) is 0 Å². The minimum atomic E-state index is -3.58. The first kappa shape index (κ1) is 18.9. The normalized spacial score (nSPS) is 16.7. The number of sulfonamides is 1. The lowest BCUT2D eigenvalue weighted by Crippen LogP contribution is -2.48. The van der Waals surface area contributed by atoms with Gasteiger partial charge >= 0.3 is 0 Å². The maximum Gasteiger partial charge on any atom is 0.253 e. The molecule has 1 aromatic carbocycles. The molecule has 1 heterocycles. The minimum absolute atomic E-state index is 0.0935. The van der Waals surface area contributed by atoms with Gasteiger partial charge in [0.05, 0.1) is 4.90 Å². The molecule has 7 heteroatoms. The van der Waals surface area contributed by atoms with E-state index in [-0.39, 0.29) is 10.8 Å². The van der Waals surface area contributed by atoms with Gasteiger partial charge in [0.25, 0.3) is 5.91 Å². The SMILES string of the molecule is CCN1CCN(C(=O)c2cc(C)c(C)c(S(=O)(=O)N(C)C)c2)CC1. The zero-order valence-electron chi connectivity index (χ0n) is 15.2. The van der Waals surface area contributed by atoms with Gasteiger partial charge in [-0.1, -0.05) is 6.92 Å². The minimum Gasteiger partial charge on any atom is -0.336 e. The van der Waals surface area contributed by atoms with Crippen LogP contribution in [0.15, 0.2) is 17.0 Å². The van der Waals surface area contributed by atoms with Gasteiger partial charge in [-0.25, -0.2) is 12.7 Å². The molecule has 0 spiro atoms. The number of carbonyl (C=O) groups is 1. The second kappa shape index (κ2) is 7.21. The number of piperazine rings is 1. The van der Waals surface area contributed by atoms with E-state index in [1.165, 1.54) is 24.5 Å². The molecule has 24 heavy (non-hydrogen) atoms. The highest BCUT2D eigenvalue weighted by Gasteiger charge is 2.26. The quantitative estimate of drug-likeness (QED) is 0.819. The largest absolute Gasteiger partial charge is 0.336 e. The van der Waals surface area contributed by atoms with E-state index >= 15 is 0 Å². The van der Waals surface area contributed by atoms with Crippen molar-refractivity contribution in [2.75, 3.05) is 46.8 Å². The van der Waals surface area contributed by atoms with Crippen molar-refractivity contribution in [3.05, 3.63) is 28.8 Å². The lowest BCUT2D eigenvalue weighted by atomic mass is 10.0. The number of aryl methyl sites for hydroxylation is 1. The molecule has 0 atom stereocenters. The van der Waals surface area contributed by atoms with Crippen LogP contribution in [0.25, 0.3) is 0 Å². The predicted molar refractivity (Wildman–Crippen MR) is 94.8 cm³/mol. The van der Waals surface area contributed by atoms with E-state index in [1.54, 1.807) is 13.0 Å². The first-order valence-electron chi connectivity index (χ1n) is 8.24. The standard InChI is InChI=1S/C17H27N3O3S/c1-6-19-7-9-20(10-8-19)17(21)15-11-13(2)14(3)16(12-15)24(22,23)18(4)5/h11-12H,6-10H2,1-5H3. The van der Waals surface area contributed by atoms with Crippen LogP contribution < -0.4 is 0 Å². The molecule has 0 radical (unpaired) electrons. The van der Waals surface area contributed by atoms with E-state index < -0.39 is 10.0 Å². The smallest absolute Gasteiger partial charge is 0.253 e. The summed E-state index contributed by atoms with van der Waals surface area (Å²) in [5.74, 6) is -0.0935. The van der Waals surface area contributed by atoms with Gasteiger partial charge < -0.3 is 9.80 Å². The zero-order valence-corrected chi connectivity index (χ0v) is 16.0. The summed E-state index contributed by atoms with van der Waals surface area (Å²) >= 11 is 0. The Balaban J connectivity index is 2.35. The van der Waals surface area contributed by atoms with E-state index in [9.17, 15) is 13.2 Å². The lowest BCUT2D eigenvalue weighted by Gasteiger charge is -2.34. The Labute approximate surface area is 145 Å². The van der Waals surface area contributed by atoms with Gasteiger partial charge in [-0.15, -0.1) is 0 Å². The Morgan fingerprint density at radius 1 is 1.12 bits per heavy atom. The summed E-state index contributed by atoms with van der Waals surface area (Å²) in [6, 6.07) is 3.31. The van der Waals surface area contributed by atoms with Crippen LogP contribution in [-0.2, 0) is 10.0 Å². The highest BCUT2D eigenvalue weighted by molar-refractivity contribution is 7.89. The van der Waals surface area contributed by atoms with Gasteiger partial charge in [0.15, 0.2) is 0 Å². The summed E-state index contributed by atoms with van der Waals surface area (Å²) in [6.07, 6.45) is 0. The third kappa shape index (κ3) is 3.63. The molecule has 0 bridgehead atoms. The fraction of sp³-hybridized carbons (Fsp3) is 0.588. The van der Waals surface area contributed by atoms with Crippen LogP contribution in [-0.4, -0.2) is 75.2 Å². The summed E-state index contributed by atoms with van der Waals surface area (Å²) in [6.45, 7) is 9.78. The molecule has 6 nitrogen and oxygen atoms in total. The Morgan fingerprint density at radius 3 is 2.21 bits per heavy atom. The van der Waals surface area contributed by atoms with Crippen molar-refractivity contribution in [2.24, 2.45) is 0 Å². The summed E-state index contributed by atoms with van der Waals surface area (Å²) in [4.78, 5) is 17.1. The maximum atomic E-state index is 12.8. The Morgan fingerprint density at radius 2 is 1.71 bits per heavy atom. The van der Waals surface area contributed by atoms with Gasteiger partial charge in [-0.05, 0) is 43.7 Å². The average molecular weight is 353 g/mol. The van der Waals surface area contributed by atoms with Crippen LogP contribution in [0, 0.1) is 13.8 Å². The summed E-state index contributed by atoms with van der Waals surface area (Å²) in [5.41, 5.74) is 1.95. The van der Waals surface area contributed by atoms with Crippen LogP contribution in [0.4, 0.5) is 0 Å². The summed E-state index contributed by atoms with van der Waals surface area (Å²) in [5, 5.41) is 0. The summed E-state index contributed by atoms with van der Waals surface area (Å²) in [7, 11) is -0.570. The third-order valence-electron chi connectivity index (χ3n) is 4.73. The lowest BCUT2D eigenvalue weighted by molar-refractivity contribution is 0.0643. The van der Waals surface area contributed by atoms with Gasteiger partial charge in [0.2, 0.25) is 10.0 Å². The van der Waals surface area contributed by atoms with Crippen molar-refractivity contribution >= 4 is 15.9 Å². The molecule has 2 rings (SSSR count).